The van der Waals surface area contributed by atoms with Gasteiger partial charge in [0.1, 0.15) is 9.77 Å². The number of ether oxygens (including phenoxy) is 1. The summed E-state index contributed by atoms with van der Waals surface area (Å²) in [7, 11) is -2.60. The van der Waals surface area contributed by atoms with Gasteiger partial charge in [-0.2, -0.15) is 4.31 Å². The number of thiophene rings is 1. The number of carboxylic acid groups (broad SMARTS) is 1. The van der Waals surface area contributed by atoms with Crippen molar-refractivity contribution in [3.05, 3.63) is 16.3 Å². The smallest absolute Gasteiger partial charge is 0.349 e. The molecule has 116 valence electrons. The maximum atomic E-state index is 12.4. The van der Waals surface area contributed by atoms with E-state index in [1.165, 1.54) is 22.9 Å². The van der Waals surface area contributed by atoms with E-state index in [0.717, 1.165) is 11.3 Å². The average molecular weight is 333 g/mol. The minimum atomic E-state index is -3.79. The summed E-state index contributed by atoms with van der Waals surface area (Å²) in [5.74, 6) is -2.45. The van der Waals surface area contributed by atoms with Crippen molar-refractivity contribution in [1.29, 1.82) is 0 Å². The minimum absolute atomic E-state index is 0.0345. The number of sulfonamides is 1. The van der Waals surface area contributed by atoms with E-state index in [4.69, 9.17) is 5.11 Å². The van der Waals surface area contributed by atoms with Crippen LogP contribution in [0.3, 0.4) is 0 Å². The van der Waals surface area contributed by atoms with E-state index in [0.29, 0.717) is 0 Å². The van der Waals surface area contributed by atoms with Crippen LogP contribution in [0.4, 0.5) is 0 Å². The van der Waals surface area contributed by atoms with Gasteiger partial charge >= 0.3 is 11.9 Å². The van der Waals surface area contributed by atoms with Gasteiger partial charge in [0.25, 0.3) is 0 Å². The van der Waals surface area contributed by atoms with Crippen LogP contribution in [0.1, 0.15) is 16.6 Å². The highest BCUT2D eigenvalue weighted by Crippen LogP contribution is 2.33. The molecule has 2 rings (SSSR count). The van der Waals surface area contributed by atoms with Crippen molar-refractivity contribution in [2.45, 2.75) is 11.8 Å². The van der Waals surface area contributed by atoms with Crippen LogP contribution < -0.4 is 0 Å². The number of carbonyl (C=O) groups is 2. The first-order valence-electron chi connectivity index (χ1n) is 6.17. The van der Waals surface area contributed by atoms with Crippen LogP contribution in [0.2, 0.25) is 0 Å². The molecule has 0 bridgehead atoms. The number of esters is 1. The van der Waals surface area contributed by atoms with Crippen LogP contribution in [0.5, 0.6) is 0 Å². The first kappa shape index (κ1) is 15.9. The summed E-state index contributed by atoms with van der Waals surface area (Å²) in [4.78, 5) is 22.4. The molecule has 0 saturated carbocycles. The topological polar surface area (TPSA) is 101 Å². The van der Waals surface area contributed by atoms with Gasteiger partial charge in [0, 0.05) is 13.1 Å². The third kappa shape index (κ3) is 2.81. The minimum Gasteiger partial charge on any atom is -0.481 e. The maximum Gasteiger partial charge on any atom is 0.349 e. The largest absolute Gasteiger partial charge is 0.481 e. The molecule has 7 nitrogen and oxygen atoms in total. The van der Waals surface area contributed by atoms with Gasteiger partial charge in [0.05, 0.1) is 13.0 Å². The van der Waals surface area contributed by atoms with E-state index >= 15 is 0 Å². The highest BCUT2D eigenvalue weighted by atomic mass is 32.2. The molecule has 1 N–H and O–H groups in total. The second-order valence-electron chi connectivity index (χ2n) is 4.81. The maximum absolute atomic E-state index is 12.4. The Morgan fingerprint density at radius 3 is 2.62 bits per heavy atom. The monoisotopic (exact) mass is 333 g/mol. The summed E-state index contributed by atoms with van der Waals surface area (Å²) in [6, 6.07) is 1.36. The van der Waals surface area contributed by atoms with Gasteiger partial charge in [0.15, 0.2) is 0 Å². The van der Waals surface area contributed by atoms with Crippen LogP contribution in [-0.2, 0) is 19.6 Å². The van der Waals surface area contributed by atoms with Gasteiger partial charge < -0.3 is 9.84 Å². The van der Waals surface area contributed by atoms with Gasteiger partial charge in [-0.05, 0) is 17.4 Å². The Morgan fingerprint density at radius 1 is 1.48 bits per heavy atom. The molecule has 1 aromatic heterocycles. The Morgan fingerprint density at radius 2 is 2.10 bits per heavy atom. The lowest BCUT2D eigenvalue weighted by Gasteiger charge is -2.39. The first-order valence-corrected chi connectivity index (χ1v) is 8.49. The molecule has 1 saturated heterocycles. The summed E-state index contributed by atoms with van der Waals surface area (Å²) in [6.07, 6.45) is 0. The van der Waals surface area contributed by atoms with Crippen molar-refractivity contribution < 1.29 is 27.9 Å². The van der Waals surface area contributed by atoms with Gasteiger partial charge in [-0.1, -0.05) is 6.92 Å². The molecule has 2 heterocycles. The number of hydrogen-bond acceptors (Lipinski definition) is 6. The highest BCUT2D eigenvalue weighted by molar-refractivity contribution is 7.89. The summed E-state index contributed by atoms with van der Waals surface area (Å²) in [5, 5.41) is 10.4. The molecular formula is C12H15NO6S2. The lowest BCUT2D eigenvalue weighted by molar-refractivity contribution is -0.144. The summed E-state index contributed by atoms with van der Waals surface area (Å²) in [5.41, 5.74) is 0. The van der Waals surface area contributed by atoms with Crippen molar-refractivity contribution in [3.8, 4) is 0 Å². The first-order chi connectivity index (χ1) is 9.78. The van der Waals surface area contributed by atoms with Crippen molar-refractivity contribution in [1.82, 2.24) is 4.31 Å². The zero-order chi connectivity index (χ0) is 15.8. The van der Waals surface area contributed by atoms with Crippen molar-refractivity contribution in [2.75, 3.05) is 20.2 Å². The average Bonchev–Trinajstić information content (AvgIpc) is 2.85. The van der Waals surface area contributed by atoms with Crippen LogP contribution in [-0.4, -0.2) is 50.0 Å². The molecule has 0 spiro atoms. The standard InChI is InChI=1S/C12H15NO6S2/c1-7(11(14)15)8-5-13(6-8)21(17,18)9-3-4-20-10(9)12(16)19-2/h3-4,7-8H,5-6H2,1-2H3,(H,14,15). The summed E-state index contributed by atoms with van der Waals surface area (Å²) < 4.78 is 30.6. The zero-order valence-electron chi connectivity index (χ0n) is 11.5. The second kappa shape index (κ2) is 5.74. The zero-order valence-corrected chi connectivity index (χ0v) is 13.1. The van der Waals surface area contributed by atoms with Crippen molar-refractivity contribution >= 4 is 33.3 Å². The molecule has 1 unspecified atom stereocenters. The van der Waals surface area contributed by atoms with Gasteiger partial charge in [-0.3, -0.25) is 4.79 Å². The number of carboxylic acids is 1. The van der Waals surface area contributed by atoms with E-state index in [9.17, 15) is 18.0 Å². The second-order valence-corrected chi connectivity index (χ2v) is 7.64. The molecule has 1 atom stereocenters. The van der Waals surface area contributed by atoms with E-state index in [1.54, 1.807) is 6.92 Å². The number of methoxy groups -OCH3 is 1. The predicted molar refractivity (Wildman–Crippen MR) is 74.7 cm³/mol. The normalized spacial score (nSPS) is 18.0. The van der Waals surface area contributed by atoms with E-state index in [1.807, 2.05) is 0 Å². The van der Waals surface area contributed by atoms with E-state index in [2.05, 4.69) is 4.74 Å². The fourth-order valence-electron chi connectivity index (χ4n) is 2.07. The molecule has 1 aliphatic heterocycles. The number of aliphatic carboxylic acids is 1. The Kier molecular flexibility index (Phi) is 4.35. The summed E-state index contributed by atoms with van der Waals surface area (Å²) in [6.45, 7) is 1.85. The Labute approximate surface area is 126 Å². The molecular weight excluding hydrogens is 318 g/mol. The lowest BCUT2D eigenvalue weighted by atomic mass is 9.89. The molecule has 1 aliphatic rings. The Balaban J connectivity index is 2.17. The Hall–Kier alpha value is -1.45. The van der Waals surface area contributed by atoms with Crippen LogP contribution in [0.15, 0.2) is 16.3 Å². The third-order valence-corrected chi connectivity index (χ3v) is 6.49. The number of nitrogens with zero attached hydrogens (tertiary/aromatic N) is 1. The summed E-state index contributed by atoms with van der Waals surface area (Å²) >= 11 is 0.999. The molecule has 9 heteroatoms. The molecule has 21 heavy (non-hydrogen) atoms. The fraction of sp³-hybridized carbons (Fsp3) is 0.500. The highest BCUT2D eigenvalue weighted by Gasteiger charge is 2.42. The van der Waals surface area contributed by atoms with E-state index in [-0.39, 0.29) is 28.8 Å². The van der Waals surface area contributed by atoms with Crippen LogP contribution >= 0.6 is 11.3 Å². The van der Waals surface area contributed by atoms with Gasteiger partial charge in [-0.25, -0.2) is 13.2 Å². The van der Waals surface area contributed by atoms with Crippen molar-refractivity contribution in [3.63, 3.8) is 0 Å². The lowest BCUT2D eigenvalue weighted by Crippen LogP contribution is -2.53. The number of hydrogen-bond donors (Lipinski definition) is 1. The fourth-order valence-corrected chi connectivity index (χ4v) is 4.93. The SMILES string of the molecule is COC(=O)c1sccc1S(=O)(=O)N1CC(C(C)C(=O)O)C1. The quantitative estimate of drug-likeness (QED) is 0.803. The van der Waals surface area contributed by atoms with Gasteiger partial charge in [0.2, 0.25) is 10.0 Å². The van der Waals surface area contributed by atoms with Crippen LogP contribution in [0.25, 0.3) is 0 Å². The Bertz CT molecular complexity index is 659. The third-order valence-electron chi connectivity index (χ3n) is 3.59. The molecule has 1 aromatic rings. The molecule has 0 radical (unpaired) electrons. The number of rotatable bonds is 5. The van der Waals surface area contributed by atoms with E-state index < -0.39 is 27.9 Å². The van der Waals surface area contributed by atoms with Crippen molar-refractivity contribution in [2.24, 2.45) is 11.8 Å². The molecule has 1 fully saturated rings. The van der Waals surface area contributed by atoms with Crippen LogP contribution in [0, 0.1) is 11.8 Å². The van der Waals surface area contributed by atoms with Gasteiger partial charge in [-0.15, -0.1) is 11.3 Å². The molecule has 0 aliphatic carbocycles. The molecule has 0 aromatic carbocycles. The predicted octanol–water partition coefficient (Wildman–Crippen LogP) is 0.876. The molecule has 0 amide bonds. The number of carbonyl (C=O) groups excluding carboxylic acids is 1.